The van der Waals surface area contributed by atoms with Gasteiger partial charge < -0.3 is 10.2 Å². The zero-order chi connectivity index (χ0) is 10.4. The number of hydrogen-bond acceptors (Lipinski definition) is 3. The van der Waals surface area contributed by atoms with E-state index in [4.69, 9.17) is 15.0 Å². The van der Waals surface area contributed by atoms with Crippen molar-refractivity contribution in [2.24, 2.45) is 0 Å². The quantitative estimate of drug-likeness (QED) is 0.697. The molecular weight excluding hydrogens is 188 g/mol. The summed E-state index contributed by atoms with van der Waals surface area (Å²) in [7, 11) is 0. The maximum atomic E-state index is 8.56. The van der Waals surface area contributed by atoms with Crippen LogP contribution in [0.5, 0.6) is 0 Å². The fraction of sp³-hybridized carbons (Fsp3) is 0. The summed E-state index contributed by atoms with van der Waals surface area (Å²) in [5, 5.41) is 13.9. The summed E-state index contributed by atoms with van der Waals surface area (Å²) in [6, 6.07) is 0. The van der Waals surface area contributed by atoms with Gasteiger partial charge in [0.15, 0.2) is 0 Å². The standard InChI is InChI=1S/C6H6N4.CH2O3/c1-3-9(5-7-1)10-4-2-8-6-10;2-1(3)4/h1-6H;(H2,2,3,4). The summed E-state index contributed by atoms with van der Waals surface area (Å²) in [6.45, 7) is 0. The molecular formula is C7H8N4O3. The smallest absolute Gasteiger partial charge is 0.450 e. The highest BCUT2D eigenvalue weighted by Gasteiger charge is 1.87. The van der Waals surface area contributed by atoms with Crippen molar-refractivity contribution < 1.29 is 15.0 Å². The number of rotatable bonds is 1. The molecule has 7 heteroatoms. The van der Waals surface area contributed by atoms with Gasteiger partial charge >= 0.3 is 6.16 Å². The molecule has 0 aliphatic heterocycles. The molecule has 0 atom stereocenters. The normalized spacial score (nSPS) is 8.86. The van der Waals surface area contributed by atoms with Crippen LogP contribution in [-0.4, -0.2) is 35.7 Å². The number of carbonyl (C=O) groups is 1. The lowest BCUT2D eigenvalue weighted by Crippen LogP contribution is -2.02. The van der Waals surface area contributed by atoms with Crippen molar-refractivity contribution in [2.75, 3.05) is 0 Å². The second-order valence-electron chi connectivity index (χ2n) is 2.17. The predicted molar refractivity (Wildman–Crippen MR) is 45.9 cm³/mol. The number of nitrogens with zero attached hydrogens (tertiary/aromatic N) is 4. The maximum absolute atomic E-state index is 8.56. The van der Waals surface area contributed by atoms with E-state index in [0.717, 1.165) is 0 Å². The Kier molecular flexibility index (Phi) is 3.25. The first-order valence-electron chi connectivity index (χ1n) is 3.58. The van der Waals surface area contributed by atoms with E-state index in [1.54, 1.807) is 25.0 Å². The SMILES string of the molecule is O=C(O)O.c1cn(-n2ccnc2)cn1. The van der Waals surface area contributed by atoms with Crippen LogP contribution in [-0.2, 0) is 0 Å². The van der Waals surface area contributed by atoms with Crippen LogP contribution in [0.15, 0.2) is 37.4 Å². The van der Waals surface area contributed by atoms with E-state index in [1.807, 2.05) is 21.7 Å². The summed E-state index contributed by atoms with van der Waals surface area (Å²) in [4.78, 5) is 16.3. The molecule has 0 saturated heterocycles. The van der Waals surface area contributed by atoms with Gasteiger partial charge in [-0.15, -0.1) is 0 Å². The molecule has 0 amide bonds. The van der Waals surface area contributed by atoms with Gasteiger partial charge in [-0.05, 0) is 0 Å². The molecule has 0 aromatic carbocycles. The van der Waals surface area contributed by atoms with Crippen LogP contribution in [0.4, 0.5) is 4.79 Å². The van der Waals surface area contributed by atoms with Gasteiger partial charge in [0.05, 0.1) is 0 Å². The highest BCUT2D eigenvalue weighted by Crippen LogP contribution is 1.88. The van der Waals surface area contributed by atoms with Crippen LogP contribution in [0.25, 0.3) is 0 Å². The number of aromatic nitrogens is 4. The molecule has 2 rings (SSSR count). The fourth-order valence-corrected chi connectivity index (χ4v) is 0.777. The molecule has 0 fully saturated rings. The van der Waals surface area contributed by atoms with Gasteiger partial charge in [-0.25, -0.2) is 24.1 Å². The molecule has 2 N–H and O–H groups in total. The zero-order valence-electron chi connectivity index (χ0n) is 7.06. The van der Waals surface area contributed by atoms with E-state index >= 15 is 0 Å². The molecule has 0 spiro atoms. The minimum atomic E-state index is -1.83. The Bertz CT molecular complexity index is 331. The molecule has 74 valence electrons. The third-order valence-electron chi connectivity index (χ3n) is 1.25. The van der Waals surface area contributed by atoms with Gasteiger partial charge in [0.1, 0.15) is 12.7 Å². The van der Waals surface area contributed by atoms with Crippen LogP contribution >= 0.6 is 0 Å². The maximum Gasteiger partial charge on any atom is 0.503 e. The van der Waals surface area contributed by atoms with E-state index in [0.29, 0.717) is 0 Å². The first kappa shape index (κ1) is 9.78. The molecule has 7 nitrogen and oxygen atoms in total. The predicted octanol–water partition coefficient (Wildman–Crippen LogP) is 0.613. The lowest BCUT2D eigenvalue weighted by Gasteiger charge is -1.98. The average molecular weight is 196 g/mol. The molecule has 2 heterocycles. The molecule has 0 saturated carbocycles. The molecule has 2 aromatic rings. The Morgan fingerprint density at radius 2 is 1.36 bits per heavy atom. The topological polar surface area (TPSA) is 93.2 Å². The average Bonchev–Trinajstić information content (AvgIpc) is 2.76. The Morgan fingerprint density at radius 1 is 1.00 bits per heavy atom. The lowest BCUT2D eigenvalue weighted by molar-refractivity contribution is 0.137. The summed E-state index contributed by atoms with van der Waals surface area (Å²) >= 11 is 0. The largest absolute Gasteiger partial charge is 0.503 e. The lowest BCUT2D eigenvalue weighted by atomic mass is 10.9. The van der Waals surface area contributed by atoms with Crippen molar-refractivity contribution in [3.05, 3.63) is 37.4 Å². The molecule has 0 bridgehead atoms. The number of imidazole rings is 2. The van der Waals surface area contributed by atoms with Gasteiger partial charge in [-0.2, -0.15) is 0 Å². The fourth-order valence-electron chi connectivity index (χ4n) is 0.777. The van der Waals surface area contributed by atoms with Gasteiger partial charge in [-0.3, -0.25) is 0 Å². The van der Waals surface area contributed by atoms with Gasteiger partial charge in [0.2, 0.25) is 0 Å². The monoisotopic (exact) mass is 196 g/mol. The summed E-state index contributed by atoms with van der Waals surface area (Å²) in [6.07, 6.45) is 8.73. The van der Waals surface area contributed by atoms with Gasteiger partial charge in [0, 0.05) is 24.8 Å². The van der Waals surface area contributed by atoms with Crippen LogP contribution in [0.3, 0.4) is 0 Å². The second-order valence-corrected chi connectivity index (χ2v) is 2.17. The Morgan fingerprint density at radius 3 is 1.57 bits per heavy atom. The molecule has 2 aromatic heterocycles. The number of hydrogen-bond donors (Lipinski definition) is 2. The van der Waals surface area contributed by atoms with Gasteiger partial charge in [-0.1, -0.05) is 0 Å². The summed E-state index contributed by atoms with van der Waals surface area (Å²) in [5.74, 6) is 0. The first-order chi connectivity index (χ1) is 6.70. The van der Waals surface area contributed by atoms with Crippen molar-refractivity contribution >= 4 is 6.16 Å². The van der Waals surface area contributed by atoms with E-state index in [1.165, 1.54) is 0 Å². The highest BCUT2D eigenvalue weighted by atomic mass is 16.6. The van der Waals surface area contributed by atoms with E-state index in [9.17, 15) is 0 Å². The third-order valence-corrected chi connectivity index (χ3v) is 1.25. The van der Waals surface area contributed by atoms with E-state index in [2.05, 4.69) is 9.97 Å². The number of carboxylic acid groups (broad SMARTS) is 2. The summed E-state index contributed by atoms with van der Waals surface area (Å²) in [5.41, 5.74) is 0. The van der Waals surface area contributed by atoms with E-state index < -0.39 is 6.16 Å². The second kappa shape index (κ2) is 4.65. The minimum absolute atomic E-state index is 1.71. The highest BCUT2D eigenvalue weighted by molar-refractivity contribution is 5.53. The van der Waals surface area contributed by atoms with Crippen LogP contribution in [0, 0.1) is 0 Å². The van der Waals surface area contributed by atoms with Crippen LogP contribution in [0.1, 0.15) is 0 Å². The third kappa shape index (κ3) is 2.97. The summed E-state index contributed by atoms with van der Waals surface area (Å²) < 4.78 is 3.65. The Labute approximate surface area is 78.9 Å². The first-order valence-corrected chi connectivity index (χ1v) is 3.58. The van der Waals surface area contributed by atoms with Crippen molar-refractivity contribution in [1.82, 2.24) is 19.3 Å². The molecule has 0 aliphatic carbocycles. The molecule has 0 aliphatic rings. The minimum Gasteiger partial charge on any atom is -0.450 e. The van der Waals surface area contributed by atoms with Crippen LogP contribution in [0.2, 0.25) is 0 Å². The van der Waals surface area contributed by atoms with Crippen molar-refractivity contribution in [2.45, 2.75) is 0 Å². The molecule has 0 unspecified atom stereocenters. The Balaban J connectivity index is 0.000000213. The van der Waals surface area contributed by atoms with E-state index in [-0.39, 0.29) is 0 Å². The molecule has 0 radical (unpaired) electrons. The molecule has 14 heavy (non-hydrogen) atoms. The van der Waals surface area contributed by atoms with Crippen molar-refractivity contribution in [3.8, 4) is 0 Å². The van der Waals surface area contributed by atoms with Gasteiger partial charge in [0.25, 0.3) is 0 Å². The Hall–Kier alpha value is -2.31. The van der Waals surface area contributed by atoms with Crippen molar-refractivity contribution in [3.63, 3.8) is 0 Å². The zero-order valence-corrected chi connectivity index (χ0v) is 7.06. The van der Waals surface area contributed by atoms with Crippen molar-refractivity contribution in [1.29, 1.82) is 0 Å². The van der Waals surface area contributed by atoms with Crippen LogP contribution < -0.4 is 0 Å².